The molecule has 5 nitrogen and oxygen atoms in total. The average Bonchev–Trinajstić information content (AvgIpc) is 2.66. The maximum atomic E-state index is 12.1. The van der Waals surface area contributed by atoms with E-state index >= 15 is 0 Å². The van der Waals surface area contributed by atoms with E-state index < -0.39 is 16.8 Å². The summed E-state index contributed by atoms with van der Waals surface area (Å²) < 4.78 is 16.7. The van der Waals surface area contributed by atoms with Crippen LogP contribution >= 0.6 is 0 Å². The molecule has 0 radical (unpaired) electrons. The van der Waals surface area contributed by atoms with E-state index in [9.17, 15) is 13.8 Å². The van der Waals surface area contributed by atoms with Crippen LogP contribution in [0.5, 0.6) is 0 Å². The normalized spacial score (nSPS) is 11.9. The first-order valence-corrected chi connectivity index (χ1v) is 10.4. The standard InChI is InChI=1S/C21H25NO4S/c1-15(2)17-10-8-16(9-11-17)12-13-22-20(23)14-26-21(24)18-6-4-5-7-19(18)27(3)25/h4-11,15H,12-14H2,1-3H3,(H,22,23)/t27-/m0/s1. The minimum absolute atomic E-state index is 0.219. The predicted octanol–water partition coefficient (Wildman–Crippen LogP) is 3.06. The van der Waals surface area contributed by atoms with Crippen molar-refractivity contribution in [3.63, 3.8) is 0 Å². The topological polar surface area (TPSA) is 72.5 Å². The maximum absolute atomic E-state index is 12.1. The van der Waals surface area contributed by atoms with Gasteiger partial charge in [0.25, 0.3) is 5.91 Å². The van der Waals surface area contributed by atoms with Gasteiger partial charge in [0.05, 0.1) is 21.3 Å². The number of carbonyl (C=O) groups excluding carboxylic acids is 2. The molecule has 0 saturated heterocycles. The van der Waals surface area contributed by atoms with Crippen molar-refractivity contribution in [2.24, 2.45) is 0 Å². The highest BCUT2D eigenvalue weighted by molar-refractivity contribution is 7.84. The van der Waals surface area contributed by atoms with Crippen molar-refractivity contribution < 1.29 is 18.5 Å². The van der Waals surface area contributed by atoms with Gasteiger partial charge in [0.15, 0.2) is 6.61 Å². The van der Waals surface area contributed by atoms with Crippen molar-refractivity contribution in [2.75, 3.05) is 19.4 Å². The molecule has 0 saturated carbocycles. The molecule has 1 atom stereocenters. The van der Waals surface area contributed by atoms with Crippen LogP contribution in [0.25, 0.3) is 0 Å². The molecule has 0 aliphatic heterocycles. The Morgan fingerprint density at radius 2 is 1.74 bits per heavy atom. The zero-order chi connectivity index (χ0) is 19.8. The summed E-state index contributed by atoms with van der Waals surface area (Å²) in [5, 5.41) is 2.74. The summed E-state index contributed by atoms with van der Waals surface area (Å²) in [6.07, 6.45) is 2.20. The molecule has 0 aromatic heterocycles. The number of nitrogens with one attached hydrogen (secondary N) is 1. The first-order valence-electron chi connectivity index (χ1n) is 8.83. The van der Waals surface area contributed by atoms with E-state index in [1.807, 2.05) is 0 Å². The molecule has 2 aromatic rings. The molecule has 1 amide bonds. The number of benzene rings is 2. The van der Waals surface area contributed by atoms with Gasteiger partial charge in [-0.05, 0) is 35.6 Å². The number of ether oxygens (including phenoxy) is 1. The van der Waals surface area contributed by atoms with Crippen LogP contribution in [0.4, 0.5) is 0 Å². The van der Waals surface area contributed by atoms with Crippen LogP contribution in [-0.2, 0) is 26.8 Å². The number of rotatable bonds is 8. The minimum atomic E-state index is -1.31. The predicted molar refractivity (Wildman–Crippen MR) is 106 cm³/mol. The zero-order valence-electron chi connectivity index (χ0n) is 15.9. The summed E-state index contributed by atoms with van der Waals surface area (Å²) in [5.41, 5.74) is 2.63. The van der Waals surface area contributed by atoms with E-state index in [2.05, 4.69) is 43.4 Å². The number of hydrogen-bond donors (Lipinski definition) is 1. The summed E-state index contributed by atoms with van der Waals surface area (Å²) in [6.45, 7) is 4.39. The summed E-state index contributed by atoms with van der Waals surface area (Å²) in [5.74, 6) is -0.527. The van der Waals surface area contributed by atoms with Gasteiger partial charge in [-0.15, -0.1) is 0 Å². The van der Waals surface area contributed by atoms with Crippen molar-refractivity contribution >= 4 is 22.7 Å². The molecule has 2 rings (SSSR count). The van der Waals surface area contributed by atoms with Gasteiger partial charge in [-0.25, -0.2) is 4.79 Å². The zero-order valence-corrected chi connectivity index (χ0v) is 16.7. The lowest BCUT2D eigenvalue weighted by Crippen LogP contribution is -2.30. The molecule has 0 spiro atoms. The number of amides is 1. The van der Waals surface area contributed by atoms with Crippen LogP contribution in [0.3, 0.4) is 0 Å². The molecule has 6 heteroatoms. The summed E-state index contributed by atoms with van der Waals surface area (Å²) in [4.78, 5) is 24.4. The van der Waals surface area contributed by atoms with E-state index in [0.717, 1.165) is 5.56 Å². The summed E-state index contributed by atoms with van der Waals surface area (Å²) >= 11 is 0. The van der Waals surface area contributed by atoms with E-state index in [-0.39, 0.29) is 18.1 Å². The SMILES string of the molecule is CC(C)c1ccc(CCNC(=O)COC(=O)c2ccccc2[S@](C)=O)cc1. The monoisotopic (exact) mass is 387 g/mol. The average molecular weight is 388 g/mol. The van der Waals surface area contributed by atoms with Crippen LogP contribution in [0, 0.1) is 0 Å². The Labute approximate surface area is 162 Å². The lowest BCUT2D eigenvalue weighted by molar-refractivity contribution is -0.124. The van der Waals surface area contributed by atoms with Crippen molar-refractivity contribution in [1.29, 1.82) is 0 Å². The van der Waals surface area contributed by atoms with Crippen molar-refractivity contribution in [1.82, 2.24) is 5.32 Å². The highest BCUT2D eigenvalue weighted by Gasteiger charge is 2.15. The molecule has 1 N–H and O–H groups in total. The second-order valence-corrected chi connectivity index (χ2v) is 7.87. The lowest BCUT2D eigenvalue weighted by Gasteiger charge is -2.09. The fourth-order valence-corrected chi connectivity index (χ4v) is 3.29. The quantitative estimate of drug-likeness (QED) is 0.707. The third-order valence-electron chi connectivity index (χ3n) is 4.13. The lowest BCUT2D eigenvalue weighted by atomic mass is 10.0. The Bertz CT molecular complexity index is 815. The minimum Gasteiger partial charge on any atom is -0.452 e. The Kier molecular flexibility index (Phi) is 7.73. The van der Waals surface area contributed by atoms with Crippen LogP contribution in [0.1, 0.15) is 41.3 Å². The Morgan fingerprint density at radius 3 is 2.37 bits per heavy atom. The van der Waals surface area contributed by atoms with E-state index in [1.54, 1.807) is 18.2 Å². The molecule has 144 valence electrons. The second-order valence-electron chi connectivity index (χ2n) is 6.52. The molecule has 0 aliphatic carbocycles. The van der Waals surface area contributed by atoms with Crippen molar-refractivity contribution in [3.05, 3.63) is 65.2 Å². The first-order chi connectivity index (χ1) is 12.9. The van der Waals surface area contributed by atoms with Crippen LogP contribution in [0.15, 0.2) is 53.4 Å². The fraction of sp³-hybridized carbons (Fsp3) is 0.333. The number of hydrogen-bond acceptors (Lipinski definition) is 4. The van der Waals surface area contributed by atoms with Gasteiger partial charge >= 0.3 is 5.97 Å². The van der Waals surface area contributed by atoms with Crippen LogP contribution in [-0.4, -0.2) is 35.5 Å². The molecular formula is C21H25NO4S. The molecule has 0 unspecified atom stereocenters. The Morgan fingerprint density at radius 1 is 1.07 bits per heavy atom. The Hall–Kier alpha value is -2.47. The summed E-state index contributed by atoms with van der Waals surface area (Å²) in [7, 11) is -1.31. The molecular weight excluding hydrogens is 362 g/mol. The summed E-state index contributed by atoms with van der Waals surface area (Å²) in [6, 6.07) is 14.8. The molecule has 0 fully saturated rings. The maximum Gasteiger partial charge on any atom is 0.339 e. The first kappa shape index (κ1) is 20.8. The number of carbonyl (C=O) groups is 2. The van der Waals surface area contributed by atoms with Crippen molar-refractivity contribution in [3.8, 4) is 0 Å². The fourth-order valence-electron chi connectivity index (χ4n) is 2.56. The van der Waals surface area contributed by atoms with E-state index in [1.165, 1.54) is 17.9 Å². The third-order valence-corrected chi connectivity index (χ3v) is 5.11. The molecule has 0 aliphatic rings. The van der Waals surface area contributed by atoms with Gasteiger partial charge in [-0.2, -0.15) is 0 Å². The molecule has 0 bridgehead atoms. The van der Waals surface area contributed by atoms with Gasteiger partial charge in [-0.1, -0.05) is 50.2 Å². The smallest absolute Gasteiger partial charge is 0.339 e. The molecule has 27 heavy (non-hydrogen) atoms. The number of esters is 1. The van der Waals surface area contributed by atoms with Gasteiger partial charge in [0.1, 0.15) is 0 Å². The van der Waals surface area contributed by atoms with Gasteiger partial charge in [-0.3, -0.25) is 9.00 Å². The van der Waals surface area contributed by atoms with E-state index in [0.29, 0.717) is 23.8 Å². The van der Waals surface area contributed by atoms with Gasteiger partial charge < -0.3 is 10.1 Å². The van der Waals surface area contributed by atoms with Crippen LogP contribution < -0.4 is 5.32 Å². The second kappa shape index (κ2) is 10.0. The molecule has 0 heterocycles. The van der Waals surface area contributed by atoms with Crippen LogP contribution in [0.2, 0.25) is 0 Å². The molecule has 2 aromatic carbocycles. The van der Waals surface area contributed by atoms with Crippen molar-refractivity contribution in [2.45, 2.75) is 31.1 Å². The van der Waals surface area contributed by atoms with E-state index in [4.69, 9.17) is 4.74 Å². The van der Waals surface area contributed by atoms with Gasteiger partial charge in [0, 0.05) is 12.8 Å². The third kappa shape index (κ3) is 6.32. The highest BCUT2D eigenvalue weighted by atomic mass is 32.2. The highest BCUT2D eigenvalue weighted by Crippen LogP contribution is 2.15. The largest absolute Gasteiger partial charge is 0.452 e. The van der Waals surface area contributed by atoms with Gasteiger partial charge in [0.2, 0.25) is 0 Å². The Balaban J connectivity index is 1.78.